The molecule has 1 aliphatic carbocycles. The monoisotopic (exact) mass is 386 g/mol. The van der Waals surface area contributed by atoms with Crippen molar-refractivity contribution < 1.29 is 28.2 Å². The summed E-state index contributed by atoms with van der Waals surface area (Å²) >= 11 is 0. The van der Waals surface area contributed by atoms with E-state index in [2.05, 4.69) is 16.1 Å². The van der Waals surface area contributed by atoms with Gasteiger partial charge in [0.15, 0.2) is 6.35 Å². The Morgan fingerprint density at radius 3 is 2.41 bits per heavy atom. The van der Waals surface area contributed by atoms with E-state index in [4.69, 9.17) is 0 Å². The van der Waals surface area contributed by atoms with Crippen molar-refractivity contribution in [2.24, 2.45) is 5.92 Å². The lowest BCUT2D eigenvalue weighted by Gasteiger charge is -2.52. The van der Waals surface area contributed by atoms with E-state index in [9.17, 15) is 28.2 Å². The minimum absolute atomic E-state index is 0.286. The fourth-order valence-corrected chi connectivity index (χ4v) is 4.35. The van der Waals surface area contributed by atoms with E-state index in [0.717, 1.165) is 18.6 Å². The molecule has 3 aliphatic rings. The highest BCUT2D eigenvalue weighted by Gasteiger charge is 2.57. The summed E-state index contributed by atoms with van der Waals surface area (Å²) in [6.45, 7) is -0.286. The summed E-state index contributed by atoms with van der Waals surface area (Å²) in [7, 11) is 0. The van der Waals surface area contributed by atoms with Crippen molar-refractivity contribution >= 4 is 5.91 Å². The van der Waals surface area contributed by atoms with Crippen LogP contribution < -0.4 is 16.1 Å². The summed E-state index contributed by atoms with van der Waals surface area (Å²) in [5.74, 6) is -1.02. The molecule has 2 aliphatic heterocycles. The van der Waals surface area contributed by atoms with Crippen LogP contribution in [0.1, 0.15) is 30.4 Å². The van der Waals surface area contributed by atoms with Crippen molar-refractivity contribution in [3.63, 3.8) is 0 Å². The number of hydrogen-bond donors (Lipinski definition) is 5. The van der Waals surface area contributed by atoms with Crippen molar-refractivity contribution in [1.82, 2.24) is 21.1 Å². The number of benzene rings is 1. The number of aliphatic hydroxyl groups excluding tert-OH is 2. The second kappa shape index (κ2) is 6.42. The van der Waals surface area contributed by atoms with Crippen LogP contribution in [0.2, 0.25) is 0 Å². The van der Waals surface area contributed by atoms with Gasteiger partial charge < -0.3 is 15.5 Å². The molecule has 5 N–H and O–H groups in total. The van der Waals surface area contributed by atoms with E-state index < -0.39 is 41.8 Å². The fraction of sp³-hybridized carbons (Fsp3) is 0.588. The van der Waals surface area contributed by atoms with Gasteiger partial charge in [-0.05, 0) is 37.0 Å². The Bertz CT molecular complexity index is 723. The van der Waals surface area contributed by atoms with Crippen molar-refractivity contribution in [3.05, 3.63) is 35.4 Å². The average molecular weight is 386 g/mol. The van der Waals surface area contributed by atoms with Crippen LogP contribution in [0.4, 0.5) is 13.2 Å². The van der Waals surface area contributed by atoms with Gasteiger partial charge in [-0.15, -0.1) is 0 Å². The number of amides is 1. The van der Waals surface area contributed by atoms with Gasteiger partial charge in [0, 0.05) is 0 Å². The summed E-state index contributed by atoms with van der Waals surface area (Å²) < 4.78 is 38.7. The number of rotatable bonds is 3. The number of hydrazine groups is 1. The minimum Gasteiger partial charge on any atom is -0.395 e. The van der Waals surface area contributed by atoms with Gasteiger partial charge in [0.25, 0.3) is 0 Å². The van der Waals surface area contributed by atoms with Crippen molar-refractivity contribution in [3.8, 4) is 0 Å². The molecular weight excluding hydrogens is 365 g/mol. The number of carbonyl (C=O) groups excluding carboxylic acids is 1. The summed E-state index contributed by atoms with van der Waals surface area (Å²) in [5.41, 5.74) is 2.52. The van der Waals surface area contributed by atoms with Crippen molar-refractivity contribution in [2.75, 3.05) is 6.61 Å². The maximum Gasteiger partial charge on any atom is 0.416 e. The Hall–Kier alpha value is -1.72. The standard InChI is InChI=1S/C17H21F3N4O3/c18-17(19,20)10-4-2-9(3-5-10)16(6-1-7-16)24-13-12(11(8-25)23-24)14(26)22-15(27)21-13/h2-5,11-13,15,21,23,25,27H,1,6-8H2,(H,22,26). The number of nitrogens with zero attached hydrogens (tertiary/aromatic N) is 1. The molecule has 4 atom stereocenters. The van der Waals surface area contributed by atoms with Gasteiger partial charge in [-0.1, -0.05) is 12.1 Å². The zero-order chi connectivity index (χ0) is 19.4. The maximum absolute atomic E-state index is 12.9. The predicted octanol–water partition coefficient (Wildman–Crippen LogP) is 0.203. The second-order valence-electron chi connectivity index (χ2n) is 7.30. The third kappa shape index (κ3) is 2.92. The molecule has 27 heavy (non-hydrogen) atoms. The van der Waals surface area contributed by atoms with Gasteiger partial charge in [0.05, 0.1) is 35.8 Å². The molecule has 10 heteroatoms. The zero-order valence-corrected chi connectivity index (χ0v) is 14.3. The molecular formula is C17H21F3N4O3. The molecule has 0 radical (unpaired) electrons. The molecule has 0 spiro atoms. The van der Waals surface area contributed by atoms with E-state index in [-0.39, 0.29) is 12.5 Å². The number of hydrogen-bond acceptors (Lipinski definition) is 6. The normalized spacial score (nSPS) is 33.3. The van der Waals surface area contributed by atoms with Gasteiger partial charge in [0.1, 0.15) is 0 Å². The maximum atomic E-state index is 12.9. The van der Waals surface area contributed by atoms with Crippen LogP contribution in [-0.4, -0.2) is 46.3 Å². The van der Waals surface area contributed by atoms with E-state index in [1.54, 1.807) is 5.01 Å². The number of fused-ring (bicyclic) bond motifs is 1. The third-order valence-electron chi connectivity index (χ3n) is 5.86. The van der Waals surface area contributed by atoms with Crippen LogP contribution in [0.15, 0.2) is 24.3 Å². The highest BCUT2D eigenvalue weighted by atomic mass is 19.4. The molecule has 3 fully saturated rings. The van der Waals surface area contributed by atoms with E-state index in [1.165, 1.54) is 12.1 Å². The zero-order valence-electron chi connectivity index (χ0n) is 14.3. The molecule has 1 aromatic rings. The molecule has 4 unspecified atom stereocenters. The summed E-state index contributed by atoms with van der Waals surface area (Å²) in [5, 5.41) is 26.6. The summed E-state index contributed by atoms with van der Waals surface area (Å²) in [4.78, 5) is 12.3. The number of halogens is 3. The summed E-state index contributed by atoms with van der Waals surface area (Å²) in [6, 6.07) is 4.49. The SMILES string of the molecule is O=C1NC(O)NC2C1C(CO)NN2C1(c2ccc(C(F)(F)F)cc2)CCC1. The van der Waals surface area contributed by atoms with Crippen molar-refractivity contribution in [2.45, 2.75) is 49.5 Å². The second-order valence-corrected chi connectivity index (χ2v) is 7.30. The Morgan fingerprint density at radius 2 is 1.89 bits per heavy atom. The largest absolute Gasteiger partial charge is 0.416 e. The van der Waals surface area contributed by atoms with E-state index in [1.807, 2.05) is 0 Å². The van der Waals surface area contributed by atoms with Crippen LogP contribution in [0.3, 0.4) is 0 Å². The lowest BCUT2D eigenvalue weighted by Crippen LogP contribution is -2.68. The number of carbonyl (C=O) groups is 1. The smallest absolute Gasteiger partial charge is 0.395 e. The van der Waals surface area contributed by atoms with Crippen LogP contribution in [0, 0.1) is 5.92 Å². The molecule has 2 saturated heterocycles. The first-order valence-electron chi connectivity index (χ1n) is 8.85. The van der Waals surface area contributed by atoms with Crippen LogP contribution >= 0.6 is 0 Å². The first-order chi connectivity index (χ1) is 12.8. The van der Waals surface area contributed by atoms with Crippen molar-refractivity contribution in [1.29, 1.82) is 0 Å². The summed E-state index contributed by atoms with van der Waals surface area (Å²) in [6.07, 6.45) is -3.97. The Labute approximate surface area is 153 Å². The topological polar surface area (TPSA) is 96.9 Å². The highest BCUT2D eigenvalue weighted by molar-refractivity contribution is 5.81. The van der Waals surface area contributed by atoms with Crippen LogP contribution in [-0.2, 0) is 16.5 Å². The van der Waals surface area contributed by atoms with Crippen LogP contribution in [0.5, 0.6) is 0 Å². The molecule has 0 aromatic heterocycles. The van der Waals surface area contributed by atoms with Gasteiger partial charge in [-0.2, -0.15) is 13.2 Å². The van der Waals surface area contributed by atoms with Gasteiger partial charge in [-0.25, -0.2) is 10.4 Å². The lowest BCUT2D eigenvalue weighted by atomic mass is 9.70. The molecule has 7 nitrogen and oxygen atoms in total. The van der Waals surface area contributed by atoms with E-state index in [0.29, 0.717) is 18.4 Å². The fourth-order valence-electron chi connectivity index (χ4n) is 4.35. The molecule has 148 valence electrons. The average Bonchev–Trinajstić information content (AvgIpc) is 2.93. The molecule has 4 rings (SSSR count). The molecule has 1 amide bonds. The number of alkyl halides is 3. The number of aliphatic hydroxyl groups is 2. The Balaban J connectivity index is 1.68. The Morgan fingerprint density at radius 1 is 1.22 bits per heavy atom. The minimum atomic E-state index is -4.41. The molecule has 1 saturated carbocycles. The third-order valence-corrected chi connectivity index (χ3v) is 5.86. The molecule has 2 heterocycles. The quantitative estimate of drug-likeness (QED) is 0.510. The highest BCUT2D eigenvalue weighted by Crippen LogP contribution is 2.49. The van der Waals surface area contributed by atoms with Gasteiger partial charge in [0.2, 0.25) is 5.91 Å². The Kier molecular flexibility index (Phi) is 4.43. The van der Waals surface area contributed by atoms with Crippen LogP contribution in [0.25, 0.3) is 0 Å². The number of nitrogens with one attached hydrogen (secondary N) is 3. The predicted molar refractivity (Wildman–Crippen MR) is 87.4 cm³/mol. The first-order valence-corrected chi connectivity index (χ1v) is 8.85. The molecule has 0 bridgehead atoms. The van der Waals surface area contributed by atoms with E-state index >= 15 is 0 Å². The van der Waals surface area contributed by atoms with Gasteiger partial charge >= 0.3 is 6.18 Å². The lowest BCUT2D eigenvalue weighted by molar-refractivity contribution is -0.141. The molecule has 1 aromatic carbocycles. The van der Waals surface area contributed by atoms with Gasteiger partial charge in [-0.3, -0.25) is 10.1 Å². The first kappa shape index (κ1) is 18.6.